The predicted octanol–water partition coefficient (Wildman–Crippen LogP) is 3.76. The van der Waals surface area contributed by atoms with E-state index in [0.29, 0.717) is 12.1 Å². The summed E-state index contributed by atoms with van der Waals surface area (Å²) in [5, 5.41) is 3.68. The molecule has 3 nitrogen and oxygen atoms in total. The topological polar surface area (TPSA) is 42.0 Å². The summed E-state index contributed by atoms with van der Waals surface area (Å²) < 4.78 is 0. The van der Waals surface area contributed by atoms with Gasteiger partial charge in [-0.05, 0) is 30.7 Å². The smallest absolute Gasteiger partial charge is 0.254 e. The molecule has 0 spiro atoms. The van der Waals surface area contributed by atoms with E-state index < -0.39 is 0 Å². The molecule has 1 aromatic heterocycles. The lowest BCUT2D eigenvalue weighted by Crippen LogP contribution is -2.25. The van der Waals surface area contributed by atoms with E-state index in [0.717, 1.165) is 22.8 Å². The Morgan fingerprint density at radius 1 is 1.20 bits per heavy atom. The number of hydrogen-bond donors (Lipinski definition) is 1. The number of carbonyl (C=O) groups excluding carboxylic acids is 1. The molecule has 0 unspecified atom stereocenters. The van der Waals surface area contributed by atoms with Gasteiger partial charge in [-0.25, -0.2) is 4.98 Å². The van der Waals surface area contributed by atoms with Crippen LogP contribution < -0.4 is 5.32 Å². The fourth-order valence-corrected chi connectivity index (χ4v) is 2.62. The molecule has 0 aliphatic heterocycles. The Kier molecular flexibility index (Phi) is 5.62. The number of pyridine rings is 1. The molecule has 2 aromatic rings. The Bertz CT molecular complexity index is 557. The third-order valence-corrected chi connectivity index (χ3v) is 3.82. The zero-order valence-electron chi connectivity index (χ0n) is 11.5. The van der Waals surface area contributed by atoms with Gasteiger partial charge in [-0.3, -0.25) is 4.79 Å². The first-order valence-corrected chi connectivity index (χ1v) is 7.59. The highest BCUT2D eigenvalue weighted by atomic mass is 32.2. The minimum absolute atomic E-state index is 0.0509. The first kappa shape index (κ1) is 14.6. The van der Waals surface area contributed by atoms with Crippen LogP contribution in [-0.4, -0.2) is 17.4 Å². The van der Waals surface area contributed by atoms with Crippen molar-refractivity contribution in [2.45, 2.75) is 29.7 Å². The molecule has 0 fully saturated rings. The fraction of sp³-hybridized carbons (Fsp3) is 0.250. The molecule has 0 aliphatic carbocycles. The second-order valence-corrected chi connectivity index (χ2v) is 5.44. The Labute approximate surface area is 123 Å². The van der Waals surface area contributed by atoms with Crippen molar-refractivity contribution in [2.24, 2.45) is 0 Å². The van der Waals surface area contributed by atoms with E-state index >= 15 is 0 Å². The average Bonchev–Trinajstić information content (AvgIpc) is 2.49. The Morgan fingerprint density at radius 3 is 2.75 bits per heavy atom. The summed E-state index contributed by atoms with van der Waals surface area (Å²) in [7, 11) is 0. The lowest BCUT2D eigenvalue weighted by atomic mass is 10.2. The predicted molar refractivity (Wildman–Crippen MR) is 82.0 cm³/mol. The molecule has 2 rings (SSSR count). The second kappa shape index (κ2) is 7.70. The van der Waals surface area contributed by atoms with E-state index in [1.54, 1.807) is 12.3 Å². The van der Waals surface area contributed by atoms with Crippen molar-refractivity contribution in [2.75, 3.05) is 6.54 Å². The number of rotatable bonds is 6. The molecular formula is C16H18N2OS. The summed E-state index contributed by atoms with van der Waals surface area (Å²) >= 11 is 1.51. The van der Waals surface area contributed by atoms with Crippen LogP contribution >= 0.6 is 11.8 Å². The van der Waals surface area contributed by atoms with Crippen LogP contribution in [0.2, 0.25) is 0 Å². The fourth-order valence-electron chi connectivity index (χ4n) is 1.72. The highest BCUT2D eigenvalue weighted by Gasteiger charge is 2.12. The van der Waals surface area contributed by atoms with Gasteiger partial charge in [-0.1, -0.05) is 43.3 Å². The Morgan fingerprint density at radius 2 is 2.00 bits per heavy atom. The van der Waals surface area contributed by atoms with Gasteiger partial charge in [0, 0.05) is 17.6 Å². The number of amides is 1. The molecule has 104 valence electrons. The number of hydrogen-bond acceptors (Lipinski definition) is 3. The number of nitrogens with one attached hydrogen (secondary N) is 1. The van der Waals surface area contributed by atoms with Gasteiger partial charge in [0.25, 0.3) is 5.91 Å². The molecule has 20 heavy (non-hydrogen) atoms. The molecule has 0 bridgehead atoms. The molecule has 1 amide bonds. The van der Waals surface area contributed by atoms with Crippen LogP contribution in [0.3, 0.4) is 0 Å². The van der Waals surface area contributed by atoms with E-state index in [2.05, 4.69) is 17.2 Å². The Balaban J connectivity index is 2.11. The zero-order valence-corrected chi connectivity index (χ0v) is 12.3. The number of unbranched alkanes of at least 4 members (excludes halogenated alkanes) is 1. The molecular weight excluding hydrogens is 268 g/mol. The van der Waals surface area contributed by atoms with Crippen LogP contribution in [0, 0.1) is 0 Å². The van der Waals surface area contributed by atoms with Gasteiger partial charge in [0.05, 0.1) is 5.56 Å². The molecule has 0 aliphatic rings. The minimum atomic E-state index is -0.0509. The van der Waals surface area contributed by atoms with Crippen LogP contribution in [0.4, 0.5) is 0 Å². The maximum atomic E-state index is 12.2. The molecule has 0 saturated carbocycles. The molecule has 1 heterocycles. The summed E-state index contributed by atoms with van der Waals surface area (Å²) in [6.07, 6.45) is 3.78. The quantitative estimate of drug-likeness (QED) is 0.822. The number of carbonyl (C=O) groups is 1. The Hall–Kier alpha value is -1.81. The van der Waals surface area contributed by atoms with E-state index in [-0.39, 0.29) is 5.91 Å². The number of aromatic nitrogens is 1. The normalized spacial score (nSPS) is 10.2. The maximum Gasteiger partial charge on any atom is 0.254 e. The third kappa shape index (κ3) is 4.10. The standard InChI is InChI=1S/C16H18N2OS/c1-2-3-11-17-15(19)14-10-7-12-18-16(14)20-13-8-5-4-6-9-13/h4-10,12H,2-3,11H2,1H3,(H,17,19). The first-order valence-electron chi connectivity index (χ1n) is 6.77. The molecule has 1 N–H and O–H groups in total. The van der Waals surface area contributed by atoms with Crippen molar-refractivity contribution in [3.63, 3.8) is 0 Å². The first-order chi connectivity index (χ1) is 9.81. The van der Waals surface area contributed by atoms with Crippen molar-refractivity contribution in [3.8, 4) is 0 Å². The van der Waals surface area contributed by atoms with Crippen molar-refractivity contribution >= 4 is 17.7 Å². The van der Waals surface area contributed by atoms with E-state index in [1.807, 2.05) is 36.4 Å². The third-order valence-electron chi connectivity index (χ3n) is 2.79. The van der Waals surface area contributed by atoms with Gasteiger partial charge >= 0.3 is 0 Å². The van der Waals surface area contributed by atoms with Crippen molar-refractivity contribution in [3.05, 3.63) is 54.2 Å². The molecule has 0 radical (unpaired) electrons. The second-order valence-electron chi connectivity index (χ2n) is 4.38. The van der Waals surface area contributed by atoms with Gasteiger partial charge in [0.15, 0.2) is 0 Å². The molecule has 4 heteroatoms. The highest BCUT2D eigenvalue weighted by Crippen LogP contribution is 2.28. The van der Waals surface area contributed by atoms with Crippen LogP contribution in [0.25, 0.3) is 0 Å². The van der Waals surface area contributed by atoms with Gasteiger partial charge in [0.2, 0.25) is 0 Å². The lowest BCUT2D eigenvalue weighted by molar-refractivity contribution is 0.0949. The highest BCUT2D eigenvalue weighted by molar-refractivity contribution is 7.99. The zero-order chi connectivity index (χ0) is 14.2. The van der Waals surface area contributed by atoms with Crippen LogP contribution in [0.5, 0.6) is 0 Å². The molecule has 0 atom stereocenters. The molecule has 0 saturated heterocycles. The molecule has 1 aromatic carbocycles. The van der Waals surface area contributed by atoms with Gasteiger partial charge in [-0.15, -0.1) is 0 Å². The monoisotopic (exact) mass is 286 g/mol. The summed E-state index contributed by atoms with van der Waals surface area (Å²) in [5.41, 5.74) is 0.637. The summed E-state index contributed by atoms with van der Waals surface area (Å²) in [6, 6.07) is 13.6. The van der Waals surface area contributed by atoms with Crippen LogP contribution in [0.15, 0.2) is 58.6 Å². The van der Waals surface area contributed by atoms with Crippen molar-refractivity contribution < 1.29 is 4.79 Å². The summed E-state index contributed by atoms with van der Waals surface area (Å²) in [4.78, 5) is 17.6. The number of nitrogens with zero attached hydrogens (tertiary/aromatic N) is 1. The SMILES string of the molecule is CCCCNC(=O)c1cccnc1Sc1ccccc1. The average molecular weight is 286 g/mol. The van der Waals surface area contributed by atoms with Gasteiger partial charge in [-0.2, -0.15) is 0 Å². The minimum Gasteiger partial charge on any atom is -0.352 e. The lowest BCUT2D eigenvalue weighted by Gasteiger charge is -2.08. The van der Waals surface area contributed by atoms with Crippen molar-refractivity contribution in [1.82, 2.24) is 10.3 Å². The van der Waals surface area contributed by atoms with Crippen LogP contribution in [0.1, 0.15) is 30.1 Å². The summed E-state index contributed by atoms with van der Waals surface area (Å²) in [5.74, 6) is -0.0509. The van der Waals surface area contributed by atoms with Crippen molar-refractivity contribution in [1.29, 1.82) is 0 Å². The van der Waals surface area contributed by atoms with Gasteiger partial charge in [0.1, 0.15) is 5.03 Å². The maximum absolute atomic E-state index is 12.2. The van der Waals surface area contributed by atoms with Crippen LogP contribution in [-0.2, 0) is 0 Å². The number of benzene rings is 1. The van der Waals surface area contributed by atoms with E-state index in [4.69, 9.17) is 0 Å². The van der Waals surface area contributed by atoms with E-state index in [1.165, 1.54) is 11.8 Å². The van der Waals surface area contributed by atoms with E-state index in [9.17, 15) is 4.79 Å². The van der Waals surface area contributed by atoms with Gasteiger partial charge < -0.3 is 5.32 Å². The summed E-state index contributed by atoms with van der Waals surface area (Å²) in [6.45, 7) is 2.81. The largest absolute Gasteiger partial charge is 0.352 e.